The number of hydrogen-bond donors (Lipinski definition) is 0. The van der Waals surface area contributed by atoms with Gasteiger partial charge in [0.15, 0.2) is 5.82 Å². The Morgan fingerprint density at radius 1 is 1.06 bits per heavy atom. The van der Waals surface area contributed by atoms with Crippen molar-refractivity contribution in [1.82, 2.24) is 9.97 Å². The minimum atomic E-state index is 0.415. The Morgan fingerprint density at radius 3 is 2.56 bits per heavy atom. The molecule has 0 amide bonds. The van der Waals surface area contributed by atoms with Gasteiger partial charge in [0.05, 0.1) is 0 Å². The predicted octanol–water partition coefficient (Wildman–Crippen LogP) is 2.62. The van der Waals surface area contributed by atoms with Gasteiger partial charge >= 0.3 is 0 Å². The first-order valence-electron chi connectivity index (χ1n) is 5.36. The highest BCUT2D eigenvalue weighted by Gasteiger charge is 2.01. The van der Waals surface area contributed by atoms with Gasteiger partial charge in [0, 0.05) is 12.4 Å². The first kappa shape index (κ1) is 10.6. The number of aromatic nitrogens is 2. The lowest BCUT2D eigenvalue weighted by Crippen LogP contribution is -2.01. The van der Waals surface area contributed by atoms with Crippen LogP contribution >= 0.6 is 0 Å². The average Bonchev–Trinajstić information content (AvgIpc) is 2.38. The molecular weight excluding hydrogens is 200 g/mol. The van der Waals surface area contributed by atoms with Crippen LogP contribution in [0.5, 0.6) is 5.75 Å². The van der Waals surface area contributed by atoms with Crippen molar-refractivity contribution in [3.05, 3.63) is 54.1 Å². The second kappa shape index (κ2) is 5.26. The molecule has 0 bridgehead atoms. The summed E-state index contributed by atoms with van der Waals surface area (Å²) in [6.45, 7) is 2.53. The maximum absolute atomic E-state index is 5.69. The van der Waals surface area contributed by atoms with Gasteiger partial charge in [-0.1, -0.05) is 25.1 Å². The lowest BCUT2D eigenvalue weighted by molar-refractivity contribution is 0.293. The van der Waals surface area contributed by atoms with E-state index in [2.05, 4.69) is 23.0 Å². The summed E-state index contributed by atoms with van der Waals surface area (Å²) >= 11 is 0. The highest BCUT2D eigenvalue weighted by molar-refractivity contribution is 5.33. The van der Waals surface area contributed by atoms with Gasteiger partial charge in [-0.15, -0.1) is 0 Å². The number of aryl methyl sites for hydroxylation is 1. The van der Waals surface area contributed by atoms with Gasteiger partial charge in [-0.25, -0.2) is 9.97 Å². The van der Waals surface area contributed by atoms with Gasteiger partial charge < -0.3 is 4.74 Å². The Kier molecular flexibility index (Phi) is 3.49. The van der Waals surface area contributed by atoms with Crippen LogP contribution in [0.1, 0.15) is 18.3 Å². The van der Waals surface area contributed by atoms with Gasteiger partial charge in [-0.05, 0) is 24.1 Å². The van der Waals surface area contributed by atoms with Crippen LogP contribution in [-0.2, 0) is 13.0 Å². The average molecular weight is 214 g/mol. The fraction of sp³-hybridized carbons (Fsp3) is 0.231. The molecule has 0 spiro atoms. The summed E-state index contributed by atoms with van der Waals surface area (Å²) in [5.41, 5.74) is 1.21. The normalized spacial score (nSPS) is 10.1. The summed E-state index contributed by atoms with van der Waals surface area (Å²) in [5.74, 6) is 1.62. The van der Waals surface area contributed by atoms with Crippen molar-refractivity contribution in [2.75, 3.05) is 0 Å². The number of rotatable bonds is 4. The van der Waals surface area contributed by atoms with Gasteiger partial charge in [0.1, 0.15) is 12.4 Å². The summed E-state index contributed by atoms with van der Waals surface area (Å²) in [5, 5.41) is 0. The third-order valence-electron chi connectivity index (χ3n) is 2.33. The first-order valence-corrected chi connectivity index (χ1v) is 5.36. The van der Waals surface area contributed by atoms with Crippen LogP contribution in [0.4, 0.5) is 0 Å². The Balaban J connectivity index is 2.05. The zero-order chi connectivity index (χ0) is 11.2. The first-order chi connectivity index (χ1) is 7.90. The second-order valence-electron chi connectivity index (χ2n) is 3.41. The van der Waals surface area contributed by atoms with Crippen LogP contribution in [0.2, 0.25) is 0 Å². The molecule has 0 fully saturated rings. The zero-order valence-corrected chi connectivity index (χ0v) is 9.26. The Bertz CT molecular complexity index is 443. The fourth-order valence-corrected chi connectivity index (χ4v) is 1.48. The molecule has 1 heterocycles. The molecule has 3 heteroatoms. The molecule has 0 aliphatic heterocycles. The van der Waals surface area contributed by atoms with Gasteiger partial charge in [0.25, 0.3) is 0 Å². The lowest BCUT2D eigenvalue weighted by atomic mass is 10.1. The van der Waals surface area contributed by atoms with Crippen LogP contribution < -0.4 is 4.74 Å². The molecule has 0 saturated carbocycles. The van der Waals surface area contributed by atoms with Crippen molar-refractivity contribution in [1.29, 1.82) is 0 Å². The minimum Gasteiger partial charge on any atom is -0.485 e. The highest BCUT2D eigenvalue weighted by atomic mass is 16.5. The molecule has 0 aliphatic rings. The number of para-hydroxylation sites is 1. The zero-order valence-electron chi connectivity index (χ0n) is 9.26. The molecule has 16 heavy (non-hydrogen) atoms. The van der Waals surface area contributed by atoms with Crippen LogP contribution in [0.3, 0.4) is 0 Å². The topological polar surface area (TPSA) is 35.0 Å². The summed E-state index contributed by atoms with van der Waals surface area (Å²) < 4.78 is 5.69. The molecule has 82 valence electrons. The van der Waals surface area contributed by atoms with Crippen molar-refractivity contribution in [3.63, 3.8) is 0 Å². The van der Waals surface area contributed by atoms with E-state index < -0.39 is 0 Å². The van der Waals surface area contributed by atoms with Gasteiger partial charge in [-0.3, -0.25) is 0 Å². The van der Waals surface area contributed by atoms with Crippen molar-refractivity contribution in [3.8, 4) is 5.75 Å². The van der Waals surface area contributed by atoms with Crippen molar-refractivity contribution < 1.29 is 4.74 Å². The minimum absolute atomic E-state index is 0.415. The third kappa shape index (κ3) is 2.57. The van der Waals surface area contributed by atoms with E-state index in [0.29, 0.717) is 12.4 Å². The van der Waals surface area contributed by atoms with Crippen LogP contribution in [0, 0.1) is 0 Å². The Morgan fingerprint density at radius 2 is 1.81 bits per heavy atom. The Hall–Kier alpha value is -1.90. The molecule has 0 saturated heterocycles. The molecule has 2 rings (SSSR count). The van der Waals surface area contributed by atoms with E-state index in [1.165, 1.54) is 5.56 Å². The number of benzene rings is 1. The fourth-order valence-electron chi connectivity index (χ4n) is 1.48. The summed E-state index contributed by atoms with van der Waals surface area (Å²) in [6.07, 6.45) is 4.40. The number of hydrogen-bond acceptors (Lipinski definition) is 3. The molecule has 0 aliphatic carbocycles. The predicted molar refractivity (Wildman–Crippen MR) is 62.2 cm³/mol. The van der Waals surface area contributed by atoms with E-state index in [1.54, 1.807) is 18.5 Å². The molecule has 3 nitrogen and oxygen atoms in total. The summed E-state index contributed by atoms with van der Waals surface area (Å²) in [4.78, 5) is 8.23. The van der Waals surface area contributed by atoms with E-state index in [1.807, 2.05) is 18.2 Å². The summed E-state index contributed by atoms with van der Waals surface area (Å²) in [6, 6.07) is 9.83. The van der Waals surface area contributed by atoms with E-state index in [9.17, 15) is 0 Å². The van der Waals surface area contributed by atoms with Crippen LogP contribution in [-0.4, -0.2) is 9.97 Å². The quantitative estimate of drug-likeness (QED) is 0.784. The largest absolute Gasteiger partial charge is 0.485 e. The second-order valence-corrected chi connectivity index (χ2v) is 3.41. The van der Waals surface area contributed by atoms with E-state index >= 15 is 0 Å². The maximum Gasteiger partial charge on any atom is 0.166 e. The molecule has 0 atom stereocenters. The maximum atomic E-state index is 5.69. The molecule has 1 aromatic heterocycles. The van der Waals surface area contributed by atoms with Crippen molar-refractivity contribution in [2.45, 2.75) is 20.0 Å². The van der Waals surface area contributed by atoms with E-state index in [4.69, 9.17) is 4.74 Å². The Labute approximate surface area is 95.1 Å². The van der Waals surface area contributed by atoms with Crippen molar-refractivity contribution >= 4 is 0 Å². The summed E-state index contributed by atoms with van der Waals surface area (Å²) in [7, 11) is 0. The molecule has 0 radical (unpaired) electrons. The molecule has 0 unspecified atom stereocenters. The SMILES string of the molecule is CCc1ccccc1OCc1ncccn1. The standard InChI is InChI=1S/C13H14N2O/c1-2-11-6-3-4-7-12(11)16-10-13-14-8-5-9-15-13/h3-9H,2,10H2,1H3. The number of nitrogens with zero attached hydrogens (tertiary/aromatic N) is 2. The van der Waals surface area contributed by atoms with Crippen LogP contribution in [0.25, 0.3) is 0 Å². The molecule has 0 N–H and O–H groups in total. The highest BCUT2D eigenvalue weighted by Crippen LogP contribution is 2.18. The van der Waals surface area contributed by atoms with E-state index in [-0.39, 0.29) is 0 Å². The molecule has 2 aromatic rings. The monoisotopic (exact) mass is 214 g/mol. The number of ether oxygens (including phenoxy) is 1. The van der Waals surface area contributed by atoms with Crippen LogP contribution in [0.15, 0.2) is 42.7 Å². The smallest absolute Gasteiger partial charge is 0.166 e. The lowest BCUT2D eigenvalue weighted by Gasteiger charge is -2.08. The third-order valence-corrected chi connectivity index (χ3v) is 2.33. The molecule has 1 aromatic carbocycles. The van der Waals surface area contributed by atoms with E-state index in [0.717, 1.165) is 12.2 Å². The van der Waals surface area contributed by atoms with Gasteiger partial charge in [0.2, 0.25) is 0 Å². The van der Waals surface area contributed by atoms with Crippen molar-refractivity contribution in [2.24, 2.45) is 0 Å². The molecular formula is C13H14N2O. The van der Waals surface area contributed by atoms with Gasteiger partial charge in [-0.2, -0.15) is 0 Å².